The molecule has 3 nitrogen and oxygen atoms in total. The van der Waals surface area contributed by atoms with Crippen molar-refractivity contribution in [3.63, 3.8) is 0 Å². The SMILES string of the molecule is Cn1cncc(Br)c1=O. The Hall–Kier alpha value is -0.640. The molecular formula is C5H5BrN2O. The summed E-state index contributed by atoms with van der Waals surface area (Å²) in [6.45, 7) is 0. The standard InChI is InChI=1S/C5H5BrN2O/c1-8-3-7-2-4(6)5(8)9/h2-3H,1H3. The number of aryl methyl sites for hydroxylation is 1. The Balaban J connectivity index is 3.43. The normalized spacial score (nSPS) is 9.56. The predicted molar refractivity (Wildman–Crippen MR) is 37.2 cm³/mol. The minimum absolute atomic E-state index is 0.0648. The largest absolute Gasteiger partial charge is 0.301 e. The Labute approximate surface area is 60.5 Å². The van der Waals surface area contributed by atoms with Gasteiger partial charge in [-0.1, -0.05) is 0 Å². The molecule has 0 saturated heterocycles. The summed E-state index contributed by atoms with van der Waals surface area (Å²) >= 11 is 3.05. The van der Waals surface area contributed by atoms with Gasteiger partial charge in [0.2, 0.25) is 0 Å². The summed E-state index contributed by atoms with van der Waals surface area (Å²) in [5, 5.41) is 0. The van der Waals surface area contributed by atoms with E-state index in [9.17, 15) is 4.79 Å². The Kier molecular flexibility index (Phi) is 1.66. The molecule has 0 atom stereocenters. The second kappa shape index (κ2) is 2.31. The summed E-state index contributed by atoms with van der Waals surface area (Å²) in [6, 6.07) is 0. The van der Waals surface area contributed by atoms with Gasteiger partial charge in [0.15, 0.2) is 0 Å². The fourth-order valence-corrected chi connectivity index (χ4v) is 0.873. The van der Waals surface area contributed by atoms with Crippen molar-refractivity contribution in [2.75, 3.05) is 0 Å². The lowest BCUT2D eigenvalue weighted by Crippen LogP contribution is -2.16. The molecule has 48 valence electrons. The maximum atomic E-state index is 10.8. The monoisotopic (exact) mass is 188 g/mol. The number of hydrogen-bond donors (Lipinski definition) is 0. The summed E-state index contributed by atoms with van der Waals surface area (Å²) in [7, 11) is 1.65. The summed E-state index contributed by atoms with van der Waals surface area (Å²) in [5.74, 6) is 0. The smallest absolute Gasteiger partial charge is 0.267 e. The van der Waals surface area contributed by atoms with Gasteiger partial charge in [-0.2, -0.15) is 0 Å². The van der Waals surface area contributed by atoms with E-state index in [1.54, 1.807) is 7.05 Å². The minimum Gasteiger partial charge on any atom is -0.301 e. The van der Waals surface area contributed by atoms with Crippen LogP contribution in [0.2, 0.25) is 0 Å². The van der Waals surface area contributed by atoms with Crippen molar-refractivity contribution in [2.24, 2.45) is 7.05 Å². The Morgan fingerprint density at radius 3 is 2.89 bits per heavy atom. The molecular weight excluding hydrogens is 184 g/mol. The highest BCUT2D eigenvalue weighted by Crippen LogP contribution is 1.96. The lowest BCUT2D eigenvalue weighted by molar-refractivity contribution is 0.816. The van der Waals surface area contributed by atoms with Crippen molar-refractivity contribution in [3.8, 4) is 0 Å². The van der Waals surface area contributed by atoms with Crippen molar-refractivity contribution in [1.82, 2.24) is 9.55 Å². The Morgan fingerprint density at radius 2 is 2.44 bits per heavy atom. The number of halogens is 1. The first-order valence-electron chi connectivity index (χ1n) is 2.38. The number of hydrogen-bond acceptors (Lipinski definition) is 2. The van der Waals surface area contributed by atoms with Gasteiger partial charge < -0.3 is 4.57 Å². The molecule has 0 aliphatic heterocycles. The van der Waals surface area contributed by atoms with Gasteiger partial charge in [0.25, 0.3) is 5.56 Å². The van der Waals surface area contributed by atoms with E-state index in [4.69, 9.17) is 0 Å². The molecule has 9 heavy (non-hydrogen) atoms. The zero-order valence-corrected chi connectivity index (χ0v) is 6.42. The zero-order chi connectivity index (χ0) is 6.85. The second-order valence-corrected chi connectivity index (χ2v) is 2.51. The van der Waals surface area contributed by atoms with Crippen molar-refractivity contribution in [1.29, 1.82) is 0 Å². The van der Waals surface area contributed by atoms with Crippen LogP contribution in [0.25, 0.3) is 0 Å². The molecule has 1 rings (SSSR count). The second-order valence-electron chi connectivity index (χ2n) is 1.66. The summed E-state index contributed by atoms with van der Waals surface area (Å²) < 4.78 is 1.90. The molecule has 0 aliphatic carbocycles. The average Bonchev–Trinajstić information content (AvgIpc) is 1.83. The number of nitrogens with zero attached hydrogens (tertiary/aromatic N) is 2. The molecule has 1 heterocycles. The third-order valence-electron chi connectivity index (χ3n) is 0.952. The molecule has 0 aliphatic rings. The van der Waals surface area contributed by atoms with Gasteiger partial charge >= 0.3 is 0 Å². The van der Waals surface area contributed by atoms with E-state index in [1.165, 1.54) is 17.1 Å². The first kappa shape index (κ1) is 6.48. The highest BCUT2D eigenvalue weighted by atomic mass is 79.9. The fraction of sp³-hybridized carbons (Fsp3) is 0.200. The minimum atomic E-state index is -0.0648. The van der Waals surface area contributed by atoms with Gasteiger partial charge in [0.1, 0.15) is 4.47 Å². The van der Waals surface area contributed by atoms with Crippen molar-refractivity contribution < 1.29 is 0 Å². The van der Waals surface area contributed by atoms with E-state index in [2.05, 4.69) is 20.9 Å². The van der Waals surface area contributed by atoms with E-state index in [-0.39, 0.29) is 5.56 Å². The Morgan fingerprint density at radius 1 is 1.78 bits per heavy atom. The maximum absolute atomic E-state index is 10.8. The van der Waals surface area contributed by atoms with Crippen LogP contribution in [-0.4, -0.2) is 9.55 Å². The van der Waals surface area contributed by atoms with Crippen LogP contribution < -0.4 is 5.56 Å². The van der Waals surface area contributed by atoms with E-state index < -0.39 is 0 Å². The number of aromatic nitrogens is 2. The molecule has 0 amide bonds. The van der Waals surface area contributed by atoms with Crippen LogP contribution in [0, 0.1) is 0 Å². The first-order valence-corrected chi connectivity index (χ1v) is 3.17. The Bertz CT molecular complexity index is 245. The highest BCUT2D eigenvalue weighted by molar-refractivity contribution is 9.10. The van der Waals surface area contributed by atoms with E-state index in [1.807, 2.05) is 0 Å². The molecule has 0 N–H and O–H groups in total. The molecule has 0 aromatic carbocycles. The van der Waals surface area contributed by atoms with Gasteiger partial charge in [-0.3, -0.25) is 4.79 Å². The lowest BCUT2D eigenvalue weighted by Gasteiger charge is -1.92. The van der Waals surface area contributed by atoms with E-state index in [0.717, 1.165) is 0 Å². The van der Waals surface area contributed by atoms with Crippen LogP contribution in [-0.2, 0) is 7.05 Å². The fourth-order valence-electron chi connectivity index (χ4n) is 0.475. The average molecular weight is 189 g/mol. The summed E-state index contributed by atoms with van der Waals surface area (Å²) in [6.07, 6.45) is 2.94. The van der Waals surface area contributed by atoms with Crippen LogP contribution in [0.1, 0.15) is 0 Å². The maximum Gasteiger partial charge on any atom is 0.267 e. The van der Waals surface area contributed by atoms with Gasteiger partial charge in [0.05, 0.1) is 6.33 Å². The van der Waals surface area contributed by atoms with Gasteiger partial charge in [-0.05, 0) is 15.9 Å². The topological polar surface area (TPSA) is 34.9 Å². The van der Waals surface area contributed by atoms with Gasteiger partial charge in [-0.25, -0.2) is 4.98 Å². The molecule has 1 aromatic heterocycles. The third kappa shape index (κ3) is 1.18. The van der Waals surface area contributed by atoms with Crippen LogP contribution in [0.5, 0.6) is 0 Å². The highest BCUT2D eigenvalue weighted by Gasteiger charge is 1.93. The molecule has 0 unspecified atom stereocenters. The molecule has 0 radical (unpaired) electrons. The molecule has 0 spiro atoms. The third-order valence-corrected chi connectivity index (χ3v) is 1.50. The van der Waals surface area contributed by atoms with E-state index in [0.29, 0.717) is 4.47 Å². The quantitative estimate of drug-likeness (QED) is 0.597. The molecule has 0 fully saturated rings. The van der Waals surface area contributed by atoms with Crippen LogP contribution in [0.15, 0.2) is 21.8 Å². The zero-order valence-electron chi connectivity index (χ0n) is 4.84. The summed E-state index contributed by atoms with van der Waals surface area (Å²) in [5.41, 5.74) is -0.0648. The summed E-state index contributed by atoms with van der Waals surface area (Å²) in [4.78, 5) is 14.6. The molecule has 0 bridgehead atoms. The van der Waals surface area contributed by atoms with Crippen molar-refractivity contribution in [3.05, 3.63) is 27.4 Å². The van der Waals surface area contributed by atoms with Gasteiger partial charge in [0, 0.05) is 13.2 Å². The molecule has 4 heteroatoms. The molecule has 1 aromatic rings. The number of rotatable bonds is 0. The van der Waals surface area contributed by atoms with Crippen molar-refractivity contribution in [2.45, 2.75) is 0 Å². The first-order chi connectivity index (χ1) is 4.22. The van der Waals surface area contributed by atoms with Crippen molar-refractivity contribution >= 4 is 15.9 Å². The lowest BCUT2D eigenvalue weighted by atomic mass is 10.6. The van der Waals surface area contributed by atoms with Crippen LogP contribution in [0.4, 0.5) is 0 Å². The van der Waals surface area contributed by atoms with Crippen LogP contribution >= 0.6 is 15.9 Å². The predicted octanol–water partition coefficient (Wildman–Crippen LogP) is 0.543. The van der Waals surface area contributed by atoms with Crippen LogP contribution in [0.3, 0.4) is 0 Å². The molecule has 0 saturated carbocycles. The van der Waals surface area contributed by atoms with Gasteiger partial charge in [-0.15, -0.1) is 0 Å². The van der Waals surface area contributed by atoms with E-state index >= 15 is 0 Å².